The first-order chi connectivity index (χ1) is 12.2. The molecule has 1 heterocycles. The van der Waals surface area contributed by atoms with Crippen molar-refractivity contribution in [3.8, 4) is 11.8 Å². The second-order valence-corrected chi connectivity index (χ2v) is 5.87. The van der Waals surface area contributed by atoms with Gasteiger partial charge >= 0.3 is 0 Å². The molecular weight excluding hydrogens is 316 g/mol. The third-order valence-electron chi connectivity index (χ3n) is 4.35. The molecule has 0 unspecified atom stereocenters. The summed E-state index contributed by atoms with van der Waals surface area (Å²) < 4.78 is 10.8. The maximum Gasteiger partial charge on any atom is 0.234 e. The van der Waals surface area contributed by atoms with E-state index >= 15 is 0 Å². The van der Waals surface area contributed by atoms with E-state index in [2.05, 4.69) is 6.07 Å². The SMILES string of the molecule is COCCN(C(=O)[C@@H]1CCOc2ccccc21)c1ccc(C#N)cc1. The first kappa shape index (κ1) is 17.0. The van der Waals surface area contributed by atoms with Gasteiger partial charge in [0.1, 0.15) is 5.75 Å². The Morgan fingerprint density at radius 3 is 2.76 bits per heavy atom. The fourth-order valence-corrected chi connectivity index (χ4v) is 3.05. The molecule has 0 spiro atoms. The summed E-state index contributed by atoms with van der Waals surface area (Å²) in [7, 11) is 1.62. The van der Waals surface area contributed by atoms with Crippen LogP contribution in [0.3, 0.4) is 0 Å². The minimum absolute atomic E-state index is 0.0255. The van der Waals surface area contributed by atoms with Crippen LogP contribution in [0, 0.1) is 11.3 Å². The van der Waals surface area contributed by atoms with E-state index in [0.717, 1.165) is 17.0 Å². The quantitative estimate of drug-likeness (QED) is 0.842. The second-order valence-electron chi connectivity index (χ2n) is 5.87. The smallest absolute Gasteiger partial charge is 0.234 e. The fourth-order valence-electron chi connectivity index (χ4n) is 3.05. The van der Waals surface area contributed by atoms with Crippen LogP contribution in [0.4, 0.5) is 5.69 Å². The van der Waals surface area contributed by atoms with E-state index in [1.54, 1.807) is 36.3 Å². The normalized spacial score (nSPS) is 15.6. The van der Waals surface area contributed by atoms with Crippen LogP contribution in [0.25, 0.3) is 0 Å². The molecule has 1 amide bonds. The molecule has 128 valence electrons. The highest BCUT2D eigenvalue weighted by atomic mass is 16.5. The van der Waals surface area contributed by atoms with Gasteiger partial charge in [-0.3, -0.25) is 4.79 Å². The van der Waals surface area contributed by atoms with Gasteiger partial charge in [-0.05, 0) is 36.8 Å². The van der Waals surface area contributed by atoms with E-state index in [1.807, 2.05) is 24.3 Å². The van der Waals surface area contributed by atoms with Gasteiger partial charge in [-0.25, -0.2) is 0 Å². The minimum Gasteiger partial charge on any atom is -0.493 e. The molecule has 0 aromatic heterocycles. The zero-order valence-electron chi connectivity index (χ0n) is 14.1. The summed E-state index contributed by atoms with van der Waals surface area (Å²) in [5.41, 5.74) is 2.26. The highest BCUT2D eigenvalue weighted by molar-refractivity contribution is 5.98. The predicted octanol–water partition coefficient (Wildman–Crippen LogP) is 3.10. The zero-order chi connectivity index (χ0) is 17.6. The topological polar surface area (TPSA) is 62.6 Å². The lowest BCUT2D eigenvalue weighted by atomic mass is 9.91. The molecule has 1 aliphatic heterocycles. The van der Waals surface area contributed by atoms with Crippen molar-refractivity contribution < 1.29 is 14.3 Å². The molecule has 1 aliphatic rings. The fraction of sp³-hybridized carbons (Fsp3) is 0.300. The number of hydrogen-bond donors (Lipinski definition) is 0. The molecule has 0 aliphatic carbocycles. The molecule has 25 heavy (non-hydrogen) atoms. The maximum absolute atomic E-state index is 13.3. The average molecular weight is 336 g/mol. The van der Waals surface area contributed by atoms with Crippen molar-refractivity contribution in [2.45, 2.75) is 12.3 Å². The number of amides is 1. The summed E-state index contributed by atoms with van der Waals surface area (Å²) >= 11 is 0. The van der Waals surface area contributed by atoms with Crippen molar-refractivity contribution in [3.05, 3.63) is 59.7 Å². The highest BCUT2D eigenvalue weighted by Gasteiger charge is 2.31. The molecule has 5 heteroatoms. The van der Waals surface area contributed by atoms with Crippen LogP contribution in [0.2, 0.25) is 0 Å². The lowest BCUT2D eigenvalue weighted by Crippen LogP contribution is -2.39. The van der Waals surface area contributed by atoms with Crippen LogP contribution >= 0.6 is 0 Å². The molecule has 2 aromatic rings. The maximum atomic E-state index is 13.3. The van der Waals surface area contributed by atoms with Gasteiger partial charge in [0.15, 0.2) is 0 Å². The van der Waals surface area contributed by atoms with E-state index in [1.165, 1.54) is 0 Å². The molecule has 0 saturated heterocycles. The zero-order valence-corrected chi connectivity index (χ0v) is 14.1. The van der Waals surface area contributed by atoms with Crippen molar-refractivity contribution in [2.24, 2.45) is 0 Å². The summed E-state index contributed by atoms with van der Waals surface area (Å²) in [5, 5.41) is 8.97. The second kappa shape index (κ2) is 7.82. The van der Waals surface area contributed by atoms with Gasteiger partial charge in [-0.15, -0.1) is 0 Å². The van der Waals surface area contributed by atoms with Crippen molar-refractivity contribution in [2.75, 3.05) is 31.8 Å². The van der Waals surface area contributed by atoms with E-state index < -0.39 is 0 Å². The highest BCUT2D eigenvalue weighted by Crippen LogP contribution is 2.35. The Morgan fingerprint density at radius 1 is 1.28 bits per heavy atom. The number of carbonyl (C=O) groups is 1. The lowest BCUT2D eigenvalue weighted by Gasteiger charge is -2.31. The number of para-hydroxylation sites is 1. The number of ether oxygens (including phenoxy) is 2. The number of methoxy groups -OCH3 is 1. The Bertz CT molecular complexity index is 780. The van der Waals surface area contributed by atoms with Gasteiger partial charge in [0.05, 0.1) is 30.8 Å². The molecule has 5 nitrogen and oxygen atoms in total. The number of hydrogen-bond acceptors (Lipinski definition) is 4. The monoisotopic (exact) mass is 336 g/mol. The largest absolute Gasteiger partial charge is 0.493 e. The van der Waals surface area contributed by atoms with Gasteiger partial charge in [-0.2, -0.15) is 5.26 Å². The molecule has 1 atom stereocenters. The Balaban J connectivity index is 1.91. The number of fused-ring (bicyclic) bond motifs is 1. The van der Waals surface area contributed by atoms with Gasteiger partial charge < -0.3 is 14.4 Å². The molecule has 0 fully saturated rings. The Kier molecular flexibility index (Phi) is 5.32. The number of nitrogens with zero attached hydrogens (tertiary/aromatic N) is 2. The Hall–Kier alpha value is -2.84. The van der Waals surface area contributed by atoms with Crippen molar-refractivity contribution >= 4 is 11.6 Å². The number of rotatable bonds is 5. The van der Waals surface area contributed by atoms with Gasteiger partial charge in [0.2, 0.25) is 5.91 Å². The predicted molar refractivity (Wildman–Crippen MR) is 94.7 cm³/mol. The average Bonchev–Trinajstić information content (AvgIpc) is 2.68. The molecule has 2 aromatic carbocycles. The van der Waals surface area contributed by atoms with Crippen LogP contribution in [-0.2, 0) is 9.53 Å². The van der Waals surface area contributed by atoms with Crippen molar-refractivity contribution in [1.82, 2.24) is 0 Å². The van der Waals surface area contributed by atoms with E-state index in [-0.39, 0.29) is 11.8 Å². The van der Waals surface area contributed by atoms with E-state index in [4.69, 9.17) is 14.7 Å². The number of anilines is 1. The molecule has 0 saturated carbocycles. The van der Waals surface area contributed by atoms with Gasteiger partial charge in [0.25, 0.3) is 0 Å². The third-order valence-corrected chi connectivity index (χ3v) is 4.35. The molecular formula is C20H20N2O3. The summed E-state index contributed by atoms with van der Waals surface area (Å²) in [6, 6.07) is 16.8. The Morgan fingerprint density at radius 2 is 2.04 bits per heavy atom. The van der Waals surface area contributed by atoms with Crippen molar-refractivity contribution in [1.29, 1.82) is 5.26 Å². The van der Waals surface area contributed by atoms with Gasteiger partial charge in [-0.1, -0.05) is 18.2 Å². The minimum atomic E-state index is -0.238. The molecule has 0 bridgehead atoms. The molecule has 0 radical (unpaired) electrons. The van der Waals surface area contributed by atoms with E-state index in [9.17, 15) is 4.79 Å². The van der Waals surface area contributed by atoms with Crippen molar-refractivity contribution in [3.63, 3.8) is 0 Å². The van der Waals surface area contributed by atoms with Crippen LogP contribution in [0.5, 0.6) is 5.75 Å². The summed E-state index contributed by atoms with van der Waals surface area (Å²) in [5.74, 6) is 0.563. The number of nitriles is 1. The number of carbonyl (C=O) groups excluding carboxylic acids is 1. The van der Waals surface area contributed by atoms with Crippen LogP contribution in [0.1, 0.15) is 23.5 Å². The van der Waals surface area contributed by atoms with Crippen LogP contribution < -0.4 is 9.64 Å². The molecule has 3 rings (SSSR count). The molecule has 0 N–H and O–H groups in total. The first-order valence-electron chi connectivity index (χ1n) is 8.27. The van der Waals surface area contributed by atoms with E-state index in [0.29, 0.717) is 31.7 Å². The first-order valence-corrected chi connectivity index (χ1v) is 8.27. The summed E-state index contributed by atoms with van der Waals surface area (Å²) in [4.78, 5) is 15.0. The lowest BCUT2D eigenvalue weighted by molar-refractivity contribution is -0.120. The van der Waals surface area contributed by atoms with Crippen LogP contribution in [-0.4, -0.2) is 32.8 Å². The van der Waals surface area contributed by atoms with Gasteiger partial charge in [0, 0.05) is 24.9 Å². The Labute approximate surface area is 147 Å². The number of benzene rings is 2. The standard InChI is InChI=1S/C20H20N2O3/c1-24-13-11-22(16-8-6-15(14-21)7-9-16)20(23)18-10-12-25-19-5-3-2-4-17(18)19/h2-9,18H,10-13H2,1H3/t18-/m1/s1. The third kappa shape index (κ3) is 3.65. The summed E-state index contributed by atoms with van der Waals surface area (Å²) in [6.07, 6.45) is 0.648. The summed E-state index contributed by atoms with van der Waals surface area (Å²) in [6.45, 7) is 1.43. The van der Waals surface area contributed by atoms with Crippen LogP contribution in [0.15, 0.2) is 48.5 Å².